The summed E-state index contributed by atoms with van der Waals surface area (Å²) in [5, 5.41) is 0. The van der Waals surface area contributed by atoms with E-state index in [1.807, 2.05) is 0 Å². The number of ether oxygens (including phenoxy) is 2. The van der Waals surface area contributed by atoms with Gasteiger partial charge in [0.2, 0.25) is 0 Å². The van der Waals surface area contributed by atoms with Crippen LogP contribution in [0.3, 0.4) is 0 Å². The Hall–Kier alpha value is -0.850. The van der Waals surface area contributed by atoms with E-state index in [0.717, 1.165) is 71.3 Å². The second-order valence-electron chi connectivity index (χ2n) is 7.68. The molecule has 2 saturated heterocycles. The second-order valence-corrected chi connectivity index (χ2v) is 7.68. The van der Waals surface area contributed by atoms with Gasteiger partial charge in [-0.15, -0.1) is 0 Å². The molecule has 0 bridgehead atoms. The molecule has 2 heterocycles. The molecular formula is C18H34N4O2. The first-order chi connectivity index (χ1) is 11.6. The zero-order chi connectivity index (χ0) is 17.0. The van der Waals surface area contributed by atoms with E-state index in [2.05, 4.69) is 23.6 Å². The van der Waals surface area contributed by atoms with Crippen LogP contribution in [0.2, 0.25) is 0 Å². The number of aliphatic imine (C=N–C) groups is 1. The van der Waals surface area contributed by atoms with Gasteiger partial charge >= 0.3 is 0 Å². The lowest BCUT2D eigenvalue weighted by atomic mass is 9.72. The third-order valence-electron chi connectivity index (χ3n) is 5.82. The Morgan fingerprint density at radius 3 is 2.71 bits per heavy atom. The molecule has 3 rings (SSSR count). The van der Waals surface area contributed by atoms with Gasteiger partial charge in [0.1, 0.15) is 0 Å². The van der Waals surface area contributed by atoms with Crippen LogP contribution < -0.4 is 5.73 Å². The van der Waals surface area contributed by atoms with Gasteiger partial charge in [0.05, 0.1) is 25.9 Å². The summed E-state index contributed by atoms with van der Waals surface area (Å²) in [5.74, 6) is 1.45. The highest BCUT2D eigenvalue weighted by molar-refractivity contribution is 5.78. The minimum atomic E-state index is 0.121. The molecule has 6 heteroatoms. The van der Waals surface area contributed by atoms with Crippen molar-refractivity contribution in [2.24, 2.45) is 16.6 Å². The maximum absolute atomic E-state index is 6.32. The number of nitrogens with zero attached hydrogens (tertiary/aromatic N) is 3. The van der Waals surface area contributed by atoms with Gasteiger partial charge in [0.25, 0.3) is 0 Å². The van der Waals surface area contributed by atoms with Crippen molar-refractivity contribution in [2.75, 3.05) is 52.5 Å². The summed E-state index contributed by atoms with van der Waals surface area (Å²) < 4.78 is 11.3. The predicted molar refractivity (Wildman–Crippen MR) is 96.2 cm³/mol. The van der Waals surface area contributed by atoms with Crippen LogP contribution in [0.4, 0.5) is 0 Å². The summed E-state index contributed by atoms with van der Waals surface area (Å²) in [5.41, 5.74) is 6.44. The van der Waals surface area contributed by atoms with E-state index in [0.29, 0.717) is 12.0 Å². The number of rotatable bonds is 5. The van der Waals surface area contributed by atoms with Crippen molar-refractivity contribution in [2.45, 2.75) is 51.2 Å². The van der Waals surface area contributed by atoms with Gasteiger partial charge in [-0.05, 0) is 38.5 Å². The molecule has 2 aliphatic heterocycles. The molecule has 138 valence electrons. The van der Waals surface area contributed by atoms with Crippen LogP contribution >= 0.6 is 0 Å². The minimum Gasteiger partial charge on any atom is -0.379 e. The third kappa shape index (κ3) is 4.03. The van der Waals surface area contributed by atoms with Gasteiger partial charge in [-0.3, -0.25) is 9.89 Å². The number of nitrogens with two attached hydrogens (primary N) is 1. The van der Waals surface area contributed by atoms with Crippen LogP contribution in [0.15, 0.2) is 4.99 Å². The fourth-order valence-electron chi connectivity index (χ4n) is 4.39. The first-order valence-electron chi connectivity index (χ1n) is 9.62. The summed E-state index contributed by atoms with van der Waals surface area (Å²) in [6, 6.07) is 0. The van der Waals surface area contributed by atoms with Crippen molar-refractivity contribution in [3.63, 3.8) is 0 Å². The number of hydrogen-bond donors (Lipinski definition) is 1. The van der Waals surface area contributed by atoms with E-state index in [4.69, 9.17) is 20.2 Å². The number of hydrogen-bond acceptors (Lipinski definition) is 4. The Morgan fingerprint density at radius 2 is 2.04 bits per heavy atom. The highest BCUT2D eigenvalue weighted by Gasteiger charge is 2.49. The third-order valence-corrected chi connectivity index (χ3v) is 5.82. The van der Waals surface area contributed by atoms with Crippen LogP contribution in [0.5, 0.6) is 0 Å². The van der Waals surface area contributed by atoms with Crippen molar-refractivity contribution in [1.82, 2.24) is 9.80 Å². The van der Waals surface area contributed by atoms with E-state index < -0.39 is 0 Å². The second kappa shape index (κ2) is 8.02. The Balaban J connectivity index is 1.62. The SMILES string of the molecule is CCOC1CC(CN=C(N)N2CCCC(C)C2)(N2CCOCC2)C1. The number of guanidine groups is 1. The summed E-state index contributed by atoms with van der Waals surface area (Å²) in [6.07, 6.45) is 5.03. The molecule has 1 atom stereocenters. The summed E-state index contributed by atoms with van der Waals surface area (Å²) in [6.45, 7) is 11.7. The van der Waals surface area contributed by atoms with Crippen molar-refractivity contribution in [3.05, 3.63) is 0 Å². The van der Waals surface area contributed by atoms with Gasteiger partial charge in [-0.2, -0.15) is 0 Å². The van der Waals surface area contributed by atoms with E-state index in [-0.39, 0.29) is 5.54 Å². The minimum absolute atomic E-state index is 0.121. The zero-order valence-corrected chi connectivity index (χ0v) is 15.4. The van der Waals surface area contributed by atoms with Gasteiger partial charge in [-0.25, -0.2) is 0 Å². The van der Waals surface area contributed by atoms with Gasteiger partial charge in [-0.1, -0.05) is 6.92 Å². The van der Waals surface area contributed by atoms with Gasteiger partial charge in [0, 0.05) is 38.3 Å². The molecule has 0 radical (unpaired) electrons. The summed E-state index contributed by atoms with van der Waals surface area (Å²) in [4.78, 5) is 9.65. The van der Waals surface area contributed by atoms with Crippen LogP contribution in [-0.4, -0.2) is 79.9 Å². The lowest BCUT2D eigenvalue weighted by molar-refractivity contribution is -0.122. The smallest absolute Gasteiger partial charge is 0.191 e. The Kier molecular flexibility index (Phi) is 6.00. The molecule has 24 heavy (non-hydrogen) atoms. The molecule has 3 aliphatic rings. The molecule has 6 nitrogen and oxygen atoms in total. The molecule has 0 spiro atoms. The molecule has 2 N–H and O–H groups in total. The Bertz CT molecular complexity index is 431. The van der Waals surface area contributed by atoms with Gasteiger partial charge < -0.3 is 20.1 Å². The van der Waals surface area contributed by atoms with Crippen LogP contribution in [0.1, 0.15) is 39.5 Å². The fourth-order valence-corrected chi connectivity index (χ4v) is 4.39. The van der Waals surface area contributed by atoms with Crippen molar-refractivity contribution >= 4 is 5.96 Å². The number of likely N-dealkylation sites (tertiary alicyclic amines) is 1. The van der Waals surface area contributed by atoms with E-state index >= 15 is 0 Å². The van der Waals surface area contributed by atoms with Gasteiger partial charge in [0.15, 0.2) is 5.96 Å². The molecule has 1 unspecified atom stereocenters. The Labute approximate surface area is 146 Å². The molecule has 0 aromatic carbocycles. The summed E-state index contributed by atoms with van der Waals surface area (Å²) in [7, 11) is 0. The predicted octanol–water partition coefficient (Wildman–Crippen LogP) is 1.30. The molecular weight excluding hydrogens is 304 g/mol. The Morgan fingerprint density at radius 1 is 1.29 bits per heavy atom. The highest BCUT2D eigenvalue weighted by atomic mass is 16.5. The number of morpholine rings is 1. The standard InChI is InChI=1S/C18H34N4O2/c1-3-24-16-11-18(12-16,22-7-9-23-10-8-22)14-20-17(19)21-6-4-5-15(2)13-21/h15-16H,3-14H2,1-2H3,(H2,19,20). The van der Waals surface area contributed by atoms with Crippen LogP contribution in [0.25, 0.3) is 0 Å². The normalized spacial score (nSPS) is 35.8. The molecule has 0 aromatic heterocycles. The quantitative estimate of drug-likeness (QED) is 0.605. The molecule has 1 saturated carbocycles. The summed E-state index contributed by atoms with van der Waals surface area (Å²) >= 11 is 0. The van der Waals surface area contributed by atoms with E-state index in [1.165, 1.54) is 12.8 Å². The molecule has 1 aliphatic carbocycles. The fraction of sp³-hybridized carbons (Fsp3) is 0.944. The zero-order valence-electron chi connectivity index (χ0n) is 15.4. The first kappa shape index (κ1) is 18.0. The van der Waals surface area contributed by atoms with E-state index in [9.17, 15) is 0 Å². The van der Waals surface area contributed by atoms with Crippen molar-refractivity contribution < 1.29 is 9.47 Å². The lowest BCUT2D eigenvalue weighted by Gasteiger charge is -2.54. The maximum Gasteiger partial charge on any atom is 0.191 e. The average Bonchev–Trinajstić information content (AvgIpc) is 2.57. The maximum atomic E-state index is 6.32. The first-order valence-corrected chi connectivity index (χ1v) is 9.62. The number of piperidine rings is 1. The van der Waals surface area contributed by atoms with E-state index in [1.54, 1.807) is 0 Å². The van der Waals surface area contributed by atoms with Crippen molar-refractivity contribution in [3.8, 4) is 0 Å². The molecule has 0 aromatic rings. The highest BCUT2D eigenvalue weighted by Crippen LogP contribution is 2.40. The van der Waals surface area contributed by atoms with Crippen LogP contribution in [-0.2, 0) is 9.47 Å². The lowest BCUT2D eigenvalue weighted by Crippen LogP contribution is -2.64. The largest absolute Gasteiger partial charge is 0.379 e. The molecule has 3 fully saturated rings. The van der Waals surface area contributed by atoms with Crippen molar-refractivity contribution in [1.29, 1.82) is 0 Å². The average molecular weight is 338 g/mol. The molecule has 0 amide bonds. The monoisotopic (exact) mass is 338 g/mol. The topological polar surface area (TPSA) is 63.3 Å². The van der Waals surface area contributed by atoms with Crippen LogP contribution in [0, 0.1) is 5.92 Å².